The number of rotatable bonds is 4. The van der Waals surface area contributed by atoms with Crippen molar-refractivity contribution in [3.05, 3.63) is 57.3 Å². The lowest BCUT2D eigenvalue weighted by molar-refractivity contribution is 0.651. The Balaban J connectivity index is 2.01. The average molecular weight is 245 g/mol. The molecule has 0 bridgehead atoms. The van der Waals surface area contributed by atoms with E-state index in [1.54, 1.807) is 0 Å². The lowest BCUT2D eigenvalue weighted by Crippen LogP contribution is -2.12. The Kier molecular flexibility index (Phi) is 3.97. The minimum absolute atomic E-state index is 0.151. The lowest BCUT2D eigenvalue weighted by Gasteiger charge is -2.14. The molecule has 0 radical (unpaired) electrons. The minimum atomic E-state index is 0.151. The molecule has 1 atom stereocenters. The van der Waals surface area contributed by atoms with Crippen LogP contribution in [-0.4, -0.2) is 0 Å². The van der Waals surface area contributed by atoms with Crippen LogP contribution in [0.25, 0.3) is 0 Å². The maximum Gasteiger partial charge on any atom is 0.0300 e. The third kappa shape index (κ3) is 3.18. The van der Waals surface area contributed by atoms with Crippen molar-refractivity contribution < 1.29 is 0 Å². The highest BCUT2D eigenvalue weighted by Crippen LogP contribution is 2.22. The molecule has 0 aliphatic rings. The van der Waals surface area contributed by atoms with E-state index in [0.29, 0.717) is 0 Å². The summed E-state index contributed by atoms with van der Waals surface area (Å²) in [7, 11) is 0. The van der Waals surface area contributed by atoms with Crippen LogP contribution in [0.4, 0.5) is 0 Å². The van der Waals surface area contributed by atoms with Crippen LogP contribution in [0.1, 0.15) is 34.0 Å². The van der Waals surface area contributed by atoms with Gasteiger partial charge in [0.05, 0.1) is 0 Å². The van der Waals surface area contributed by atoms with Crippen molar-refractivity contribution >= 4 is 11.3 Å². The molecule has 1 heterocycles. The van der Waals surface area contributed by atoms with Crippen molar-refractivity contribution in [3.8, 4) is 0 Å². The zero-order valence-corrected chi connectivity index (χ0v) is 11.3. The maximum atomic E-state index is 6.27. The van der Waals surface area contributed by atoms with Crippen molar-refractivity contribution in [1.29, 1.82) is 0 Å². The van der Waals surface area contributed by atoms with Gasteiger partial charge in [-0.25, -0.2) is 0 Å². The second-order valence-electron chi connectivity index (χ2n) is 4.58. The molecule has 17 heavy (non-hydrogen) atoms. The van der Waals surface area contributed by atoms with Crippen LogP contribution in [0.2, 0.25) is 0 Å². The van der Waals surface area contributed by atoms with Crippen LogP contribution >= 0.6 is 11.3 Å². The zero-order chi connectivity index (χ0) is 12.3. The van der Waals surface area contributed by atoms with Crippen molar-refractivity contribution in [2.45, 2.75) is 32.7 Å². The van der Waals surface area contributed by atoms with Crippen LogP contribution in [-0.2, 0) is 6.42 Å². The molecular weight excluding hydrogens is 226 g/mol. The van der Waals surface area contributed by atoms with Gasteiger partial charge in [-0.2, -0.15) is 0 Å². The summed E-state index contributed by atoms with van der Waals surface area (Å²) in [4.78, 5) is 1.42. The molecule has 0 saturated heterocycles. The van der Waals surface area contributed by atoms with Crippen LogP contribution in [0.15, 0.2) is 35.7 Å². The fourth-order valence-corrected chi connectivity index (χ4v) is 2.87. The predicted octanol–water partition coefficient (Wildman–Crippen LogP) is 4.00. The summed E-state index contributed by atoms with van der Waals surface area (Å²) in [6, 6.07) is 11.0. The number of thiophene rings is 1. The Morgan fingerprint density at radius 2 is 2.06 bits per heavy atom. The van der Waals surface area contributed by atoms with E-state index in [0.717, 1.165) is 12.8 Å². The molecule has 2 rings (SSSR count). The Hall–Kier alpha value is -1.12. The summed E-state index contributed by atoms with van der Waals surface area (Å²) in [6.45, 7) is 4.27. The van der Waals surface area contributed by atoms with E-state index < -0.39 is 0 Å². The van der Waals surface area contributed by atoms with Gasteiger partial charge < -0.3 is 5.73 Å². The summed E-state index contributed by atoms with van der Waals surface area (Å²) in [5, 5.41) is 2.12. The van der Waals surface area contributed by atoms with Gasteiger partial charge in [-0.15, -0.1) is 11.3 Å². The van der Waals surface area contributed by atoms with Gasteiger partial charge in [0.1, 0.15) is 0 Å². The second kappa shape index (κ2) is 5.48. The topological polar surface area (TPSA) is 26.0 Å². The van der Waals surface area contributed by atoms with Crippen molar-refractivity contribution in [2.24, 2.45) is 5.73 Å². The number of benzene rings is 1. The molecule has 0 aliphatic heterocycles. The van der Waals surface area contributed by atoms with Crippen molar-refractivity contribution in [3.63, 3.8) is 0 Å². The van der Waals surface area contributed by atoms with Gasteiger partial charge in [0.15, 0.2) is 0 Å². The number of nitrogens with two attached hydrogens (primary N) is 1. The third-order valence-electron chi connectivity index (χ3n) is 3.11. The molecule has 1 unspecified atom stereocenters. The summed E-state index contributed by atoms with van der Waals surface area (Å²) >= 11 is 1.81. The molecule has 0 aliphatic carbocycles. The molecule has 0 fully saturated rings. The quantitative estimate of drug-likeness (QED) is 0.865. The number of hydrogen-bond donors (Lipinski definition) is 1. The standard InChI is InChI=1S/C15H19NS/c1-11-5-7-14(12(2)10-11)15(16)8-6-13-4-3-9-17-13/h3-5,7,9-10,15H,6,8,16H2,1-2H3. The molecule has 1 nitrogen and oxygen atoms in total. The van der Waals surface area contributed by atoms with E-state index in [1.807, 2.05) is 11.3 Å². The molecule has 0 saturated carbocycles. The Bertz CT molecular complexity index is 474. The van der Waals surface area contributed by atoms with Gasteiger partial charge in [-0.3, -0.25) is 0 Å². The SMILES string of the molecule is Cc1ccc(C(N)CCc2cccs2)c(C)c1. The summed E-state index contributed by atoms with van der Waals surface area (Å²) < 4.78 is 0. The molecule has 2 heteroatoms. The monoisotopic (exact) mass is 245 g/mol. The minimum Gasteiger partial charge on any atom is -0.324 e. The average Bonchev–Trinajstić information content (AvgIpc) is 2.78. The zero-order valence-electron chi connectivity index (χ0n) is 10.4. The van der Waals surface area contributed by atoms with E-state index in [2.05, 4.69) is 49.6 Å². The first-order chi connectivity index (χ1) is 8.16. The van der Waals surface area contributed by atoms with Gasteiger partial charge in [0, 0.05) is 10.9 Å². The van der Waals surface area contributed by atoms with Gasteiger partial charge in [-0.1, -0.05) is 29.8 Å². The Morgan fingerprint density at radius 3 is 2.71 bits per heavy atom. The molecule has 0 amide bonds. The first-order valence-corrected chi connectivity index (χ1v) is 6.90. The molecule has 0 spiro atoms. The maximum absolute atomic E-state index is 6.27. The lowest BCUT2D eigenvalue weighted by atomic mass is 9.96. The summed E-state index contributed by atoms with van der Waals surface area (Å²) in [5.41, 5.74) is 10.2. The van der Waals surface area contributed by atoms with Crippen LogP contribution in [0.3, 0.4) is 0 Å². The van der Waals surface area contributed by atoms with Crippen LogP contribution in [0.5, 0.6) is 0 Å². The fourth-order valence-electron chi connectivity index (χ4n) is 2.15. The van der Waals surface area contributed by atoms with Crippen molar-refractivity contribution in [1.82, 2.24) is 0 Å². The number of hydrogen-bond acceptors (Lipinski definition) is 2. The Morgan fingerprint density at radius 1 is 1.24 bits per heavy atom. The van der Waals surface area contributed by atoms with Crippen LogP contribution in [0, 0.1) is 13.8 Å². The first kappa shape index (κ1) is 12.3. The van der Waals surface area contributed by atoms with Gasteiger partial charge in [0.25, 0.3) is 0 Å². The van der Waals surface area contributed by atoms with E-state index in [9.17, 15) is 0 Å². The van der Waals surface area contributed by atoms with E-state index in [-0.39, 0.29) is 6.04 Å². The molecular formula is C15H19NS. The van der Waals surface area contributed by atoms with Gasteiger partial charge >= 0.3 is 0 Å². The van der Waals surface area contributed by atoms with Gasteiger partial charge in [0.2, 0.25) is 0 Å². The van der Waals surface area contributed by atoms with Gasteiger partial charge in [-0.05, 0) is 49.3 Å². The smallest absolute Gasteiger partial charge is 0.0300 e. The second-order valence-corrected chi connectivity index (χ2v) is 5.62. The number of aryl methyl sites for hydroxylation is 3. The third-order valence-corrected chi connectivity index (χ3v) is 4.04. The highest BCUT2D eigenvalue weighted by atomic mass is 32.1. The van der Waals surface area contributed by atoms with Crippen LogP contribution < -0.4 is 5.73 Å². The predicted molar refractivity (Wildman–Crippen MR) is 75.5 cm³/mol. The molecule has 2 N–H and O–H groups in total. The van der Waals surface area contributed by atoms with Crippen molar-refractivity contribution in [2.75, 3.05) is 0 Å². The Labute approximate surface area is 107 Å². The first-order valence-electron chi connectivity index (χ1n) is 6.02. The summed E-state index contributed by atoms with van der Waals surface area (Å²) in [6.07, 6.45) is 2.09. The molecule has 90 valence electrons. The molecule has 1 aromatic carbocycles. The molecule has 1 aromatic heterocycles. The van der Waals surface area contributed by atoms with E-state index >= 15 is 0 Å². The highest BCUT2D eigenvalue weighted by molar-refractivity contribution is 7.09. The summed E-state index contributed by atoms with van der Waals surface area (Å²) in [5.74, 6) is 0. The normalized spacial score (nSPS) is 12.6. The van der Waals surface area contributed by atoms with E-state index in [4.69, 9.17) is 5.73 Å². The highest BCUT2D eigenvalue weighted by Gasteiger charge is 2.09. The molecule has 2 aromatic rings. The van der Waals surface area contributed by atoms with E-state index in [1.165, 1.54) is 21.6 Å². The largest absolute Gasteiger partial charge is 0.324 e. The fraction of sp³-hybridized carbons (Fsp3) is 0.333.